The van der Waals surface area contributed by atoms with Crippen LogP contribution in [-0.2, 0) is 6.42 Å². The van der Waals surface area contributed by atoms with E-state index < -0.39 is 28.5 Å². The molecule has 0 aliphatic carbocycles. The summed E-state index contributed by atoms with van der Waals surface area (Å²) in [4.78, 5) is 38.3. The van der Waals surface area contributed by atoms with E-state index in [1.807, 2.05) is 57.2 Å². The molecular formula is C33H35N3O5S. The fourth-order valence-corrected chi connectivity index (χ4v) is 5.75. The van der Waals surface area contributed by atoms with E-state index in [4.69, 9.17) is 0 Å². The van der Waals surface area contributed by atoms with Crippen molar-refractivity contribution >= 4 is 40.0 Å². The van der Waals surface area contributed by atoms with Crippen molar-refractivity contribution in [3.05, 3.63) is 117 Å². The topological polar surface area (TPSA) is 122 Å². The summed E-state index contributed by atoms with van der Waals surface area (Å²) in [7, 11) is 0. The first-order valence-corrected chi connectivity index (χ1v) is 14.7. The molecule has 2 amide bonds. The lowest BCUT2D eigenvalue weighted by atomic mass is 9.96. The number of rotatable bonds is 10. The van der Waals surface area contributed by atoms with Crippen molar-refractivity contribution in [3.8, 4) is 0 Å². The second-order valence-electron chi connectivity index (χ2n) is 11.2. The molecule has 42 heavy (non-hydrogen) atoms. The van der Waals surface area contributed by atoms with Crippen LogP contribution in [-0.4, -0.2) is 45.3 Å². The quantitative estimate of drug-likeness (QED) is 0.118. The second kappa shape index (κ2) is 13.2. The highest BCUT2D eigenvalue weighted by Gasteiger charge is 2.27. The lowest BCUT2D eigenvalue weighted by molar-refractivity contribution is -0.385. The molecule has 218 valence electrons. The molecule has 4 aromatic carbocycles. The standard InChI is InChI=1S/C33H35N3O5S/c1-21-26(14-9-15-29(21)36(40)41)31(38)34-28(20-42-25-17-16-22-10-5-6-11-23(22)18-25)30(37)19-24-12-7-8-13-27(24)32(39)35-33(2,3)4/h5-18,28,30,37H,19-20H2,1-4H3,(H,34,38)(H,35,39)/t28-,30+/m0/s1. The minimum absolute atomic E-state index is 0.116. The molecule has 3 N–H and O–H groups in total. The molecule has 0 heterocycles. The Labute approximate surface area is 249 Å². The summed E-state index contributed by atoms with van der Waals surface area (Å²) in [6, 6.07) is 24.8. The van der Waals surface area contributed by atoms with Crippen molar-refractivity contribution in [2.24, 2.45) is 0 Å². The lowest BCUT2D eigenvalue weighted by Gasteiger charge is -2.26. The molecule has 8 nitrogen and oxygen atoms in total. The number of fused-ring (bicyclic) bond motifs is 1. The molecule has 4 rings (SSSR count). The first kappa shape index (κ1) is 30.7. The number of carbonyl (C=O) groups is 2. The first-order chi connectivity index (χ1) is 19.9. The van der Waals surface area contributed by atoms with Crippen molar-refractivity contribution in [1.82, 2.24) is 10.6 Å². The van der Waals surface area contributed by atoms with E-state index >= 15 is 0 Å². The SMILES string of the molecule is Cc1c(C(=O)N[C@@H](CSc2ccc3ccccc3c2)[C@H](O)Cc2ccccc2C(=O)NC(C)(C)C)cccc1[N+](=O)[O-]. The molecule has 0 spiro atoms. The second-order valence-corrected chi connectivity index (χ2v) is 12.3. The van der Waals surface area contributed by atoms with Crippen molar-refractivity contribution < 1.29 is 19.6 Å². The third-order valence-corrected chi connectivity index (χ3v) is 7.97. The van der Waals surface area contributed by atoms with Crippen LogP contribution in [0.2, 0.25) is 0 Å². The molecule has 0 aliphatic rings. The first-order valence-electron chi connectivity index (χ1n) is 13.7. The summed E-state index contributed by atoms with van der Waals surface area (Å²) in [6.45, 7) is 7.22. The fraction of sp³-hybridized carbons (Fsp3) is 0.273. The van der Waals surface area contributed by atoms with Gasteiger partial charge >= 0.3 is 0 Å². The summed E-state index contributed by atoms with van der Waals surface area (Å²) in [5.74, 6) is -0.433. The summed E-state index contributed by atoms with van der Waals surface area (Å²) in [5.41, 5.74) is 0.929. The normalized spacial score (nSPS) is 12.9. The van der Waals surface area contributed by atoms with E-state index in [0.29, 0.717) is 16.9 Å². The maximum absolute atomic E-state index is 13.4. The van der Waals surface area contributed by atoms with E-state index in [1.54, 1.807) is 24.3 Å². The van der Waals surface area contributed by atoms with Crippen LogP contribution in [0.25, 0.3) is 10.8 Å². The Hall–Kier alpha value is -4.21. The lowest BCUT2D eigenvalue weighted by Crippen LogP contribution is -2.46. The number of carbonyl (C=O) groups excluding carboxylic acids is 2. The van der Waals surface area contributed by atoms with Gasteiger partial charge in [0, 0.05) is 45.4 Å². The number of hydrogen-bond acceptors (Lipinski definition) is 6. The monoisotopic (exact) mass is 585 g/mol. The van der Waals surface area contributed by atoms with Gasteiger partial charge in [-0.3, -0.25) is 19.7 Å². The summed E-state index contributed by atoms with van der Waals surface area (Å²) in [5, 5.41) is 31.0. The van der Waals surface area contributed by atoms with Crippen LogP contribution in [0.3, 0.4) is 0 Å². The molecule has 0 unspecified atom stereocenters. The number of benzene rings is 4. The van der Waals surface area contributed by atoms with Crippen molar-refractivity contribution in [3.63, 3.8) is 0 Å². The molecule has 0 radical (unpaired) electrons. The molecule has 9 heteroatoms. The van der Waals surface area contributed by atoms with Crippen molar-refractivity contribution in [1.29, 1.82) is 0 Å². The maximum Gasteiger partial charge on any atom is 0.273 e. The maximum atomic E-state index is 13.4. The van der Waals surface area contributed by atoms with Gasteiger partial charge in [-0.05, 0) is 68.3 Å². The molecule has 0 fully saturated rings. The van der Waals surface area contributed by atoms with Crippen molar-refractivity contribution in [2.45, 2.75) is 56.7 Å². The molecule has 0 bridgehead atoms. The zero-order valence-electron chi connectivity index (χ0n) is 24.1. The van der Waals surface area contributed by atoms with E-state index in [2.05, 4.69) is 16.7 Å². The van der Waals surface area contributed by atoms with Crippen LogP contribution in [0.4, 0.5) is 5.69 Å². The highest BCUT2D eigenvalue weighted by Crippen LogP contribution is 2.26. The van der Waals surface area contributed by atoms with Gasteiger partial charge < -0.3 is 15.7 Å². The predicted octanol–water partition coefficient (Wildman–Crippen LogP) is 6.08. The van der Waals surface area contributed by atoms with Gasteiger partial charge in [-0.15, -0.1) is 11.8 Å². The average Bonchev–Trinajstić information content (AvgIpc) is 2.94. The Morgan fingerprint density at radius 1 is 0.905 bits per heavy atom. The number of aliphatic hydroxyl groups is 1. The summed E-state index contributed by atoms with van der Waals surface area (Å²) in [6.07, 6.45) is -0.935. The number of thioether (sulfide) groups is 1. The fourth-order valence-electron chi connectivity index (χ4n) is 4.70. The van der Waals surface area contributed by atoms with E-state index in [9.17, 15) is 24.8 Å². The van der Waals surface area contributed by atoms with Crippen LogP contribution < -0.4 is 10.6 Å². The Morgan fingerprint density at radius 2 is 1.57 bits per heavy atom. The predicted molar refractivity (Wildman–Crippen MR) is 167 cm³/mol. The minimum Gasteiger partial charge on any atom is -0.391 e. The Kier molecular flexibility index (Phi) is 9.65. The van der Waals surface area contributed by atoms with E-state index in [1.165, 1.54) is 36.9 Å². The zero-order valence-corrected chi connectivity index (χ0v) is 24.9. The van der Waals surface area contributed by atoms with E-state index in [0.717, 1.165) is 15.7 Å². The number of amides is 2. The van der Waals surface area contributed by atoms with Gasteiger partial charge in [0.1, 0.15) is 0 Å². The average molecular weight is 586 g/mol. The highest BCUT2D eigenvalue weighted by molar-refractivity contribution is 7.99. The van der Waals surface area contributed by atoms with E-state index in [-0.39, 0.29) is 29.1 Å². The smallest absolute Gasteiger partial charge is 0.273 e. The molecule has 4 aromatic rings. The molecule has 0 saturated carbocycles. The van der Waals surface area contributed by atoms with Gasteiger partial charge in [-0.2, -0.15) is 0 Å². The van der Waals surface area contributed by atoms with Gasteiger partial charge in [0.2, 0.25) is 0 Å². The Balaban J connectivity index is 1.60. The summed E-state index contributed by atoms with van der Waals surface area (Å²) < 4.78 is 0. The molecule has 2 atom stereocenters. The third-order valence-electron chi connectivity index (χ3n) is 6.86. The van der Waals surface area contributed by atoms with Crippen LogP contribution >= 0.6 is 11.8 Å². The molecule has 0 aliphatic heterocycles. The largest absolute Gasteiger partial charge is 0.391 e. The van der Waals surface area contributed by atoms with Crippen LogP contribution in [0, 0.1) is 17.0 Å². The number of aliphatic hydroxyl groups excluding tert-OH is 1. The van der Waals surface area contributed by atoms with Gasteiger partial charge in [0.25, 0.3) is 17.5 Å². The zero-order chi connectivity index (χ0) is 30.4. The van der Waals surface area contributed by atoms with Gasteiger partial charge in [0.15, 0.2) is 0 Å². The number of nitro groups is 1. The number of nitrogens with one attached hydrogen (secondary N) is 2. The Bertz CT molecular complexity index is 1620. The molecule has 0 saturated heterocycles. The van der Waals surface area contributed by atoms with Crippen LogP contribution in [0.15, 0.2) is 89.8 Å². The van der Waals surface area contributed by atoms with Crippen LogP contribution in [0.1, 0.15) is 52.6 Å². The minimum atomic E-state index is -1.05. The van der Waals surface area contributed by atoms with Crippen LogP contribution in [0.5, 0.6) is 0 Å². The van der Waals surface area contributed by atoms with Gasteiger partial charge in [0.05, 0.1) is 17.1 Å². The van der Waals surface area contributed by atoms with Gasteiger partial charge in [-0.25, -0.2) is 0 Å². The number of hydrogen-bond donors (Lipinski definition) is 3. The third kappa shape index (κ3) is 7.74. The molecular weight excluding hydrogens is 550 g/mol. The van der Waals surface area contributed by atoms with Crippen molar-refractivity contribution in [2.75, 3.05) is 5.75 Å². The molecule has 0 aromatic heterocycles. The summed E-state index contributed by atoms with van der Waals surface area (Å²) >= 11 is 1.49. The Morgan fingerprint density at radius 3 is 2.29 bits per heavy atom. The number of nitro benzene ring substituents is 1. The number of nitrogens with zero attached hydrogens (tertiary/aromatic N) is 1. The van der Waals surface area contributed by atoms with Gasteiger partial charge in [-0.1, -0.05) is 54.6 Å². The highest BCUT2D eigenvalue weighted by atomic mass is 32.2.